The molecule has 4 rings (SSSR count). The second kappa shape index (κ2) is 7.77. The summed E-state index contributed by atoms with van der Waals surface area (Å²) in [4.78, 5) is 7.92. The van der Waals surface area contributed by atoms with E-state index in [2.05, 4.69) is 26.7 Å². The summed E-state index contributed by atoms with van der Waals surface area (Å²) >= 11 is 0. The Morgan fingerprint density at radius 3 is 2.97 bits per heavy atom. The highest BCUT2D eigenvalue weighted by molar-refractivity contribution is 5.90. The Balaban J connectivity index is 1.95. The monoisotopic (exact) mass is 403 g/mol. The van der Waals surface area contributed by atoms with Gasteiger partial charge in [-0.1, -0.05) is 0 Å². The molecule has 0 aliphatic carbocycles. The molecular formula is C21H21N7O2. The van der Waals surface area contributed by atoms with Gasteiger partial charge in [-0.25, -0.2) is 16.4 Å². The number of nitriles is 1. The highest BCUT2D eigenvalue weighted by atomic mass is 16.5. The van der Waals surface area contributed by atoms with Crippen LogP contribution in [0.15, 0.2) is 46.0 Å². The summed E-state index contributed by atoms with van der Waals surface area (Å²) in [6.45, 7) is 2.01. The number of nitrogens with one attached hydrogen (secondary N) is 2. The Bertz CT molecular complexity index is 1300. The summed E-state index contributed by atoms with van der Waals surface area (Å²) in [6, 6.07) is 11.2. The number of benzene rings is 2. The van der Waals surface area contributed by atoms with Crippen molar-refractivity contribution < 1.29 is 9.15 Å². The zero-order valence-electron chi connectivity index (χ0n) is 16.6. The third-order valence-corrected chi connectivity index (χ3v) is 5.07. The van der Waals surface area contributed by atoms with E-state index >= 15 is 0 Å². The smallest absolute Gasteiger partial charge is 0.203 e. The highest BCUT2D eigenvalue weighted by Gasteiger charge is 2.28. The first-order valence-corrected chi connectivity index (χ1v) is 9.28. The van der Waals surface area contributed by atoms with E-state index in [0.717, 1.165) is 22.0 Å². The number of hydrogen-bond donors (Lipinski definition) is 4. The third kappa shape index (κ3) is 3.29. The summed E-state index contributed by atoms with van der Waals surface area (Å²) in [5, 5.41) is 14.1. The van der Waals surface area contributed by atoms with Crippen LogP contribution < -0.4 is 21.8 Å². The largest absolute Gasteiger partial charge is 0.496 e. The number of aromatic amines is 1. The molecule has 0 fully saturated rings. The van der Waals surface area contributed by atoms with Gasteiger partial charge < -0.3 is 19.9 Å². The highest BCUT2D eigenvalue weighted by Crippen LogP contribution is 2.41. The fourth-order valence-electron chi connectivity index (χ4n) is 3.74. The normalized spacial score (nSPS) is 12.8. The summed E-state index contributed by atoms with van der Waals surface area (Å²) < 4.78 is 11.8. The number of oxazole rings is 1. The van der Waals surface area contributed by atoms with E-state index in [1.54, 1.807) is 25.3 Å². The van der Waals surface area contributed by atoms with Crippen LogP contribution in [0.4, 0.5) is 0 Å². The number of amidine groups is 1. The van der Waals surface area contributed by atoms with Crippen LogP contribution in [-0.4, -0.2) is 22.9 Å². The molecule has 0 bridgehead atoms. The van der Waals surface area contributed by atoms with Crippen molar-refractivity contribution in [3.63, 3.8) is 0 Å². The first-order valence-electron chi connectivity index (χ1n) is 9.28. The Hall–Kier alpha value is -4.03. The van der Waals surface area contributed by atoms with Gasteiger partial charge in [0, 0.05) is 29.1 Å². The molecule has 152 valence electrons. The van der Waals surface area contributed by atoms with Crippen LogP contribution in [0.2, 0.25) is 0 Å². The molecular weight excluding hydrogens is 382 g/mol. The molecule has 6 N–H and O–H groups in total. The number of aryl methyl sites for hydroxylation is 1. The van der Waals surface area contributed by atoms with E-state index in [0.29, 0.717) is 34.7 Å². The number of ether oxygens (including phenoxy) is 1. The number of hydrazine groups is 1. The molecule has 2 aromatic carbocycles. The number of rotatable bonds is 6. The molecule has 0 amide bonds. The van der Waals surface area contributed by atoms with Crippen molar-refractivity contribution in [1.82, 2.24) is 15.5 Å². The lowest BCUT2D eigenvalue weighted by molar-refractivity contribution is 0.404. The molecule has 9 nitrogen and oxygen atoms in total. The zero-order chi connectivity index (χ0) is 21.3. The van der Waals surface area contributed by atoms with Gasteiger partial charge >= 0.3 is 0 Å². The molecule has 1 atom stereocenters. The minimum atomic E-state index is -0.395. The summed E-state index contributed by atoms with van der Waals surface area (Å²) in [6.07, 6.45) is 2.17. The minimum absolute atomic E-state index is 0.286. The van der Waals surface area contributed by atoms with Crippen LogP contribution in [0, 0.1) is 18.3 Å². The SMILES string of the molecule is COc1cc(C)c2[nH]ccc2c1C(C/C(N)=N/NN)c1nc2cc(C#N)ccc2o1. The summed E-state index contributed by atoms with van der Waals surface area (Å²) in [7, 11) is 1.62. The van der Waals surface area contributed by atoms with Gasteiger partial charge in [0.25, 0.3) is 0 Å². The number of hydrazone groups is 1. The number of fused-ring (bicyclic) bond motifs is 2. The maximum absolute atomic E-state index is 9.18. The number of H-pyrrole nitrogens is 1. The molecule has 4 aromatic rings. The van der Waals surface area contributed by atoms with Crippen LogP contribution in [0.3, 0.4) is 0 Å². The van der Waals surface area contributed by atoms with Gasteiger partial charge in [-0.15, -0.1) is 0 Å². The van der Waals surface area contributed by atoms with Gasteiger partial charge in [-0.2, -0.15) is 10.4 Å². The fraction of sp³-hybridized carbons (Fsp3) is 0.190. The molecule has 0 saturated carbocycles. The first kappa shape index (κ1) is 19.3. The Labute approximate surface area is 172 Å². The van der Waals surface area contributed by atoms with Crippen molar-refractivity contribution in [3.8, 4) is 11.8 Å². The predicted octanol–water partition coefficient (Wildman–Crippen LogP) is 2.76. The number of nitrogens with two attached hydrogens (primary N) is 2. The number of hydrogen-bond acceptors (Lipinski definition) is 7. The van der Waals surface area contributed by atoms with E-state index in [4.69, 9.17) is 20.7 Å². The maximum atomic E-state index is 9.18. The molecule has 2 heterocycles. The van der Waals surface area contributed by atoms with Gasteiger partial charge in [0.2, 0.25) is 5.89 Å². The number of methoxy groups -OCH3 is 1. The lowest BCUT2D eigenvalue weighted by Crippen LogP contribution is -2.24. The first-order chi connectivity index (χ1) is 14.5. The molecule has 0 aliphatic heterocycles. The number of nitrogens with zero attached hydrogens (tertiary/aromatic N) is 3. The van der Waals surface area contributed by atoms with Crippen molar-refractivity contribution >= 4 is 27.8 Å². The maximum Gasteiger partial charge on any atom is 0.203 e. The van der Waals surface area contributed by atoms with Crippen molar-refractivity contribution in [1.29, 1.82) is 5.26 Å². The van der Waals surface area contributed by atoms with Crippen LogP contribution in [-0.2, 0) is 0 Å². The predicted molar refractivity (Wildman–Crippen MR) is 114 cm³/mol. The molecule has 30 heavy (non-hydrogen) atoms. The van der Waals surface area contributed by atoms with Gasteiger partial charge in [0.15, 0.2) is 5.58 Å². The fourth-order valence-corrected chi connectivity index (χ4v) is 3.74. The van der Waals surface area contributed by atoms with Crippen LogP contribution in [0.1, 0.15) is 34.9 Å². The van der Waals surface area contributed by atoms with Crippen LogP contribution in [0.25, 0.3) is 22.0 Å². The molecule has 1 unspecified atom stereocenters. The average Bonchev–Trinajstić information content (AvgIpc) is 3.39. The van der Waals surface area contributed by atoms with Crippen molar-refractivity contribution in [2.24, 2.45) is 16.7 Å². The van der Waals surface area contributed by atoms with Crippen LogP contribution in [0.5, 0.6) is 5.75 Å². The van der Waals surface area contributed by atoms with E-state index in [-0.39, 0.29) is 5.84 Å². The van der Waals surface area contributed by atoms with Gasteiger partial charge in [-0.05, 0) is 42.8 Å². The third-order valence-electron chi connectivity index (χ3n) is 5.07. The quantitative estimate of drug-likeness (QED) is 0.167. The molecule has 2 aromatic heterocycles. The van der Waals surface area contributed by atoms with Crippen LogP contribution >= 0.6 is 0 Å². The van der Waals surface area contributed by atoms with Crippen molar-refractivity contribution in [2.45, 2.75) is 19.3 Å². The van der Waals surface area contributed by atoms with Crippen molar-refractivity contribution in [3.05, 3.63) is 59.1 Å². The summed E-state index contributed by atoms with van der Waals surface area (Å²) in [5.41, 5.74) is 12.9. The van der Waals surface area contributed by atoms with E-state index in [1.165, 1.54) is 0 Å². The average molecular weight is 403 g/mol. The standard InChI is InChI=1S/C21H21N7O2/c1-11-7-17(29-2)19(13-5-6-25-20(11)13)14(9-18(23)27-28-24)21-26-15-8-12(10-22)3-4-16(15)30-21/h3-8,14,25,28H,9,24H2,1-2H3,(H2,23,27). The second-order valence-corrected chi connectivity index (χ2v) is 6.91. The van der Waals surface area contributed by atoms with E-state index < -0.39 is 5.92 Å². The van der Waals surface area contributed by atoms with Crippen molar-refractivity contribution in [2.75, 3.05) is 7.11 Å². The zero-order valence-corrected chi connectivity index (χ0v) is 16.6. The Kier molecular flexibility index (Phi) is 5.00. The topological polar surface area (TPSA) is 151 Å². The van der Waals surface area contributed by atoms with E-state index in [1.807, 2.05) is 25.3 Å². The molecule has 0 aliphatic rings. The minimum Gasteiger partial charge on any atom is -0.496 e. The van der Waals surface area contributed by atoms with E-state index in [9.17, 15) is 5.26 Å². The molecule has 0 spiro atoms. The lowest BCUT2D eigenvalue weighted by atomic mass is 9.90. The Morgan fingerprint density at radius 2 is 2.23 bits per heavy atom. The Morgan fingerprint density at radius 1 is 1.40 bits per heavy atom. The summed E-state index contributed by atoms with van der Waals surface area (Å²) in [5.74, 6) is 6.34. The second-order valence-electron chi connectivity index (χ2n) is 6.91. The number of aromatic nitrogens is 2. The van der Waals surface area contributed by atoms with Gasteiger partial charge in [-0.3, -0.25) is 0 Å². The van der Waals surface area contributed by atoms with Gasteiger partial charge in [0.1, 0.15) is 17.1 Å². The lowest BCUT2D eigenvalue weighted by Gasteiger charge is -2.19. The molecule has 0 saturated heterocycles. The van der Waals surface area contributed by atoms with Gasteiger partial charge in [0.05, 0.1) is 24.7 Å². The molecule has 0 radical (unpaired) electrons. The molecule has 9 heteroatoms.